The first-order valence-corrected chi connectivity index (χ1v) is 7.42. The summed E-state index contributed by atoms with van der Waals surface area (Å²) in [5, 5.41) is 8.67. The van der Waals surface area contributed by atoms with E-state index in [1.165, 1.54) is 11.0 Å². The summed E-state index contributed by atoms with van der Waals surface area (Å²) in [5.74, 6) is -1.76. The van der Waals surface area contributed by atoms with E-state index in [0.29, 0.717) is 16.7 Å². The molecule has 5 nitrogen and oxygen atoms in total. The van der Waals surface area contributed by atoms with Crippen molar-refractivity contribution in [1.82, 2.24) is 4.90 Å². The third-order valence-corrected chi connectivity index (χ3v) is 3.87. The van der Waals surface area contributed by atoms with Crippen molar-refractivity contribution in [3.8, 4) is 0 Å². The van der Waals surface area contributed by atoms with Crippen LogP contribution in [-0.4, -0.2) is 27.8 Å². The number of imide groups is 1. The van der Waals surface area contributed by atoms with Crippen LogP contribution in [0.4, 0.5) is 0 Å². The fraction of sp³-hybridized carbons (Fsp3) is 0.105. The highest BCUT2D eigenvalue weighted by atomic mass is 16.4. The zero-order valence-electron chi connectivity index (χ0n) is 13.0. The number of fused-ring (bicyclic) bond motifs is 1. The lowest BCUT2D eigenvalue weighted by Gasteiger charge is -2.13. The molecule has 0 unspecified atom stereocenters. The minimum Gasteiger partial charge on any atom is -0.478 e. The molecule has 1 heterocycles. The fourth-order valence-electron chi connectivity index (χ4n) is 2.60. The third-order valence-electron chi connectivity index (χ3n) is 3.87. The molecule has 5 heteroatoms. The Bertz CT molecular complexity index is 865. The number of aryl methyl sites for hydroxylation is 1. The van der Waals surface area contributed by atoms with Crippen molar-refractivity contribution in [3.63, 3.8) is 0 Å². The second kappa shape index (κ2) is 6.12. The molecule has 0 saturated carbocycles. The maximum atomic E-state index is 12.5. The van der Waals surface area contributed by atoms with Gasteiger partial charge in [-0.2, -0.15) is 0 Å². The van der Waals surface area contributed by atoms with E-state index >= 15 is 0 Å². The van der Waals surface area contributed by atoms with E-state index in [1.807, 2.05) is 31.2 Å². The van der Waals surface area contributed by atoms with Crippen LogP contribution in [0.5, 0.6) is 0 Å². The zero-order valence-corrected chi connectivity index (χ0v) is 13.0. The number of aliphatic carboxylic acids is 1. The van der Waals surface area contributed by atoms with E-state index in [2.05, 4.69) is 0 Å². The minimum atomic E-state index is -1.07. The lowest BCUT2D eigenvalue weighted by Crippen LogP contribution is -2.29. The lowest BCUT2D eigenvalue weighted by molar-refractivity contribution is -0.131. The van der Waals surface area contributed by atoms with Crippen molar-refractivity contribution in [1.29, 1.82) is 0 Å². The van der Waals surface area contributed by atoms with Crippen LogP contribution in [0.15, 0.2) is 48.5 Å². The Morgan fingerprint density at radius 2 is 1.71 bits per heavy atom. The van der Waals surface area contributed by atoms with Crippen LogP contribution in [0.3, 0.4) is 0 Å². The van der Waals surface area contributed by atoms with E-state index in [9.17, 15) is 14.4 Å². The van der Waals surface area contributed by atoms with E-state index in [1.54, 1.807) is 18.2 Å². The van der Waals surface area contributed by atoms with Gasteiger partial charge in [-0.1, -0.05) is 35.9 Å². The average Bonchev–Trinajstić information content (AvgIpc) is 2.79. The molecule has 120 valence electrons. The Morgan fingerprint density at radius 3 is 2.38 bits per heavy atom. The predicted octanol–water partition coefficient (Wildman–Crippen LogP) is 2.89. The van der Waals surface area contributed by atoms with Crippen molar-refractivity contribution >= 4 is 23.9 Å². The Labute approximate surface area is 138 Å². The number of benzene rings is 2. The van der Waals surface area contributed by atoms with Crippen LogP contribution in [0.2, 0.25) is 0 Å². The van der Waals surface area contributed by atoms with Crippen LogP contribution in [0.1, 0.15) is 37.4 Å². The molecule has 0 fully saturated rings. The SMILES string of the molecule is Cc1ccc(CN2C(=O)c3ccc(/C=C/C(=O)O)cc3C2=O)cc1. The molecule has 2 amide bonds. The van der Waals surface area contributed by atoms with Crippen molar-refractivity contribution in [3.05, 3.63) is 76.4 Å². The molecule has 24 heavy (non-hydrogen) atoms. The van der Waals surface area contributed by atoms with Crippen LogP contribution < -0.4 is 0 Å². The van der Waals surface area contributed by atoms with Gasteiger partial charge in [-0.3, -0.25) is 14.5 Å². The van der Waals surface area contributed by atoms with Crippen molar-refractivity contribution in [2.75, 3.05) is 0 Å². The summed E-state index contributed by atoms with van der Waals surface area (Å²) in [6.07, 6.45) is 2.38. The molecule has 1 aliphatic heterocycles. The molecule has 2 aromatic carbocycles. The van der Waals surface area contributed by atoms with Gasteiger partial charge < -0.3 is 5.11 Å². The molecule has 0 saturated heterocycles. The molecule has 2 aromatic rings. The molecule has 1 aliphatic rings. The quantitative estimate of drug-likeness (QED) is 0.694. The van der Waals surface area contributed by atoms with Gasteiger partial charge >= 0.3 is 5.97 Å². The maximum absolute atomic E-state index is 12.5. The number of carbonyl (C=O) groups is 3. The Morgan fingerprint density at radius 1 is 1.04 bits per heavy atom. The summed E-state index contributed by atoms with van der Waals surface area (Å²) in [6.45, 7) is 2.19. The van der Waals surface area contributed by atoms with E-state index in [0.717, 1.165) is 17.2 Å². The highest BCUT2D eigenvalue weighted by Crippen LogP contribution is 2.26. The van der Waals surface area contributed by atoms with Gasteiger partial charge in [-0.15, -0.1) is 0 Å². The van der Waals surface area contributed by atoms with Gasteiger partial charge in [0.15, 0.2) is 0 Å². The normalized spacial score (nSPS) is 13.6. The van der Waals surface area contributed by atoms with Crippen LogP contribution in [0, 0.1) is 6.92 Å². The Hall–Kier alpha value is -3.21. The van der Waals surface area contributed by atoms with Crippen molar-refractivity contribution < 1.29 is 19.5 Å². The summed E-state index contributed by atoms with van der Waals surface area (Å²) >= 11 is 0. The highest BCUT2D eigenvalue weighted by molar-refractivity contribution is 6.21. The summed E-state index contributed by atoms with van der Waals surface area (Å²) in [4.78, 5) is 36.8. The Balaban J connectivity index is 1.87. The third kappa shape index (κ3) is 2.96. The summed E-state index contributed by atoms with van der Waals surface area (Å²) < 4.78 is 0. The predicted molar refractivity (Wildman–Crippen MR) is 88.5 cm³/mol. The number of rotatable bonds is 4. The second-order valence-corrected chi connectivity index (χ2v) is 5.66. The summed E-state index contributed by atoms with van der Waals surface area (Å²) in [7, 11) is 0. The molecule has 1 N–H and O–H groups in total. The van der Waals surface area contributed by atoms with Gasteiger partial charge in [0.05, 0.1) is 17.7 Å². The number of hydrogen-bond acceptors (Lipinski definition) is 3. The summed E-state index contributed by atoms with van der Waals surface area (Å²) in [5.41, 5.74) is 3.20. The van der Waals surface area contributed by atoms with Gasteiger partial charge in [0.2, 0.25) is 0 Å². The number of carboxylic acid groups (broad SMARTS) is 1. The molecular weight excluding hydrogens is 306 g/mol. The lowest BCUT2D eigenvalue weighted by atomic mass is 10.1. The molecule has 3 rings (SSSR count). The van der Waals surface area contributed by atoms with Crippen LogP contribution >= 0.6 is 0 Å². The number of carbonyl (C=O) groups excluding carboxylic acids is 2. The number of nitrogens with zero attached hydrogens (tertiary/aromatic N) is 1. The molecule has 0 radical (unpaired) electrons. The molecule has 0 aliphatic carbocycles. The molecule has 0 bridgehead atoms. The maximum Gasteiger partial charge on any atom is 0.328 e. The van der Waals surface area contributed by atoms with E-state index < -0.39 is 5.97 Å². The first-order valence-electron chi connectivity index (χ1n) is 7.42. The standard InChI is InChI=1S/C19H15NO4/c1-12-2-4-14(5-3-12)11-20-18(23)15-8-6-13(7-9-17(21)22)10-16(15)19(20)24/h2-10H,11H2,1H3,(H,21,22)/b9-7+. The molecule has 0 aromatic heterocycles. The van der Waals surface area contributed by atoms with Gasteiger partial charge in [-0.05, 0) is 36.3 Å². The van der Waals surface area contributed by atoms with E-state index in [4.69, 9.17) is 5.11 Å². The number of carboxylic acids is 1. The Kier molecular flexibility index (Phi) is 4.00. The number of hydrogen-bond donors (Lipinski definition) is 1. The molecule has 0 atom stereocenters. The smallest absolute Gasteiger partial charge is 0.328 e. The zero-order chi connectivity index (χ0) is 17.3. The van der Waals surface area contributed by atoms with Gasteiger partial charge in [0.1, 0.15) is 0 Å². The molecule has 0 spiro atoms. The van der Waals surface area contributed by atoms with Gasteiger partial charge in [0, 0.05) is 6.08 Å². The van der Waals surface area contributed by atoms with Gasteiger partial charge in [-0.25, -0.2) is 4.79 Å². The average molecular weight is 321 g/mol. The first-order chi connectivity index (χ1) is 11.5. The van der Waals surface area contributed by atoms with Gasteiger partial charge in [0.25, 0.3) is 11.8 Å². The minimum absolute atomic E-state index is 0.215. The second-order valence-electron chi connectivity index (χ2n) is 5.66. The highest BCUT2D eigenvalue weighted by Gasteiger charge is 2.35. The first kappa shape index (κ1) is 15.7. The van der Waals surface area contributed by atoms with Crippen LogP contribution in [0.25, 0.3) is 6.08 Å². The van der Waals surface area contributed by atoms with Crippen LogP contribution in [-0.2, 0) is 11.3 Å². The van der Waals surface area contributed by atoms with Crippen molar-refractivity contribution in [2.24, 2.45) is 0 Å². The monoisotopic (exact) mass is 321 g/mol. The fourth-order valence-corrected chi connectivity index (χ4v) is 2.60. The topological polar surface area (TPSA) is 74.7 Å². The van der Waals surface area contributed by atoms with Crippen molar-refractivity contribution in [2.45, 2.75) is 13.5 Å². The number of amides is 2. The summed E-state index contributed by atoms with van der Waals surface area (Å²) in [6, 6.07) is 12.4. The van der Waals surface area contributed by atoms with E-state index in [-0.39, 0.29) is 18.4 Å². The largest absolute Gasteiger partial charge is 0.478 e. The molecular formula is C19H15NO4.